The summed E-state index contributed by atoms with van der Waals surface area (Å²) in [6.45, 7) is 0.0413. The van der Waals surface area contributed by atoms with E-state index in [2.05, 4.69) is 23.0 Å². The molecule has 1 aliphatic carbocycles. The molecule has 1 aliphatic rings. The van der Waals surface area contributed by atoms with Gasteiger partial charge in [0.25, 0.3) is 5.91 Å². The number of amides is 1. The van der Waals surface area contributed by atoms with Crippen molar-refractivity contribution >= 4 is 5.91 Å². The second-order valence-corrected chi connectivity index (χ2v) is 4.22. The van der Waals surface area contributed by atoms with Gasteiger partial charge in [0.2, 0.25) is 0 Å². The molecule has 0 unspecified atom stereocenters. The number of rotatable bonds is 4. The van der Waals surface area contributed by atoms with Gasteiger partial charge in [0.1, 0.15) is 5.75 Å². The van der Waals surface area contributed by atoms with Gasteiger partial charge in [-0.05, 0) is 48.9 Å². The van der Waals surface area contributed by atoms with E-state index in [-0.39, 0.29) is 12.5 Å². The van der Waals surface area contributed by atoms with Gasteiger partial charge in [0.05, 0.1) is 0 Å². The van der Waals surface area contributed by atoms with Gasteiger partial charge in [0, 0.05) is 7.05 Å². The van der Waals surface area contributed by atoms with Crippen LogP contribution in [-0.2, 0) is 17.6 Å². The van der Waals surface area contributed by atoms with Crippen LogP contribution in [0.4, 0.5) is 0 Å². The number of carbonyl (C=O) groups excluding carboxylic acids is 1. The minimum Gasteiger partial charge on any atom is -0.484 e. The Kier molecular flexibility index (Phi) is 3.98. The van der Waals surface area contributed by atoms with E-state index in [1.54, 1.807) is 7.05 Å². The third-order valence-corrected chi connectivity index (χ3v) is 2.95. The third kappa shape index (κ3) is 3.20. The van der Waals surface area contributed by atoms with Gasteiger partial charge in [-0.1, -0.05) is 6.07 Å². The molecular formula is C13H18N2O2. The molecule has 0 radical (unpaired) electrons. The minimum absolute atomic E-state index is 0.0413. The van der Waals surface area contributed by atoms with Gasteiger partial charge in [-0.2, -0.15) is 0 Å². The summed E-state index contributed by atoms with van der Waals surface area (Å²) in [7, 11) is 1.65. The Morgan fingerprint density at radius 1 is 1.29 bits per heavy atom. The van der Waals surface area contributed by atoms with Gasteiger partial charge in [-0.3, -0.25) is 10.2 Å². The Morgan fingerprint density at radius 3 is 2.82 bits per heavy atom. The molecule has 0 saturated carbocycles. The summed E-state index contributed by atoms with van der Waals surface area (Å²) in [6, 6.07) is 6.11. The van der Waals surface area contributed by atoms with Crippen LogP contribution in [0.15, 0.2) is 18.2 Å². The van der Waals surface area contributed by atoms with Crippen molar-refractivity contribution in [3.05, 3.63) is 29.3 Å². The maximum atomic E-state index is 11.2. The van der Waals surface area contributed by atoms with Crippen LogP contribution in [0.25, 0.3) is 0 Å². The van der Waals surface area contributed by atoms with Gasteiger partial charge in [-0.15, -0.1) is 0 Å². The van der Waals surface area contributed by atoms with E-state index in [1.165, 1.54) is 24.0 Å². The van der Waals surface area contributed by atoms with Crippen molar-refractivity contribution in [1.82, 2.24) is 10.9 Å². The zero-order valence-electron chi connectivity index (χ0n) is 10.1. The molecule has 4 nitrogen and oxygen atoms in total. The Labute approximate surface area is 101 Å². The summed E-state index contributed by atoms with van der Waals surface area (Å²) in [5, 5.41) is 0. The molecule has 0 fully saturated rings. The maximum absolute atomic E-state index is 11.2. The van der Waals surface area contributed by atoms with Crippen molar-refractivity contribution in [2.24, 2.45) is 0 Å². The minimum atomic E-state index is -0.176. The standard InChI is InChI=1S/C13H18N2O2/c1-14-15-13(16)9-17-12-7-6-10-4-2-3-5-11(10)8-12/h6-8,14H,2-5,9H2,1H3,(H,15,16). The number of hydrogen-bond acceptors (Lipinski definition) is 3. The highest BCUT2D eigenvalue weighted by molar-refractivity contribution is 5.76. The fourth-order valence-electron chi connectivity index (χ4n) is 2.12. The molecule has 1 amide bonds. The van der Waals surface area contributed by atoms with E-state index in [1.807, 2.05) is 6.07 Å². The highest BCUT2D eigenvalue weighted by Crippen LogP contribution is 2.25. The van der Waals surface area contributed by atoms with E-state index in [4.69, 9.17) is 4.74 Å². The molecule has 0 bridgehead atoms. The van der Waals surface area contributed by atoms with E-state index in [0.717, 1.165) is 18.6 Å². The van der Waals surface area contributed by atoms with Gasteiger partial charge >= 0.3 is 0 Å². The van der Waals surface area contributed by atoms with E-state index in [9.17, 15) is 4.79 Å². The molecular weight excluding hydrogens is 216 g/mol. The highest BCUT2D eigenvalue weighted by Gasteiger charge is 2.10. The zero-order valence-corrected chi connectivity index (χ0v) is 10.1. The summed E-state index contributed by atoms with van der Waals surface area (Å²) in [6.07, 6.45) is 4.81. The highest BCUT2D eigenvalue weighted by atomic mass is 16.5. The largest absolute Gasteiger partial charge is 0.484 e. The molecule has 2 rings (SSSR count). The van der Waals surface area contributed by atoms with Crippen molar-refractivity contribution in [3.8, 4) is 5.75 Å². The summed E-state index contributed by atoms with van der Waals surface area (Å²) >= 11 is 0. The van der Waals surface area contributed by atoms with Gasteiger partial charge in [0.15, 0.2) is 6.61 Å². The van der Waals surface area contributed by atoms with Crippen molar-refractivity contribution in [3.63, 3.8) is 0 Å². The average Bonchev–Trinajstić information content (AvgIpc) is 2.36. The number of hydrazine groups is 1. The number of hydrogen-bond donors (Lipinski definition) is 2. The molecule has 0 atom stereocenters. The van der Waals surface area contributed by atoms with Crippen molar-refractivity contribution in [2.45, 2.75) is 25.7 Å². The van der Waals surface area contributed by atoms with E-state index < -0.39 is 0 Å². The number of benzene rings is 1. The summed E-state index contributed by atoms with van der Waals surface area (Å²) in [4.78, 5) is 11.2. The van der Waals surface area contributed by atoms with E-state index in [0.29, 0.717) is 0 Å². The molecule has 0 saturated heterocycles. The quantitative estimate of drug-likeness (QED) is 0.770. The first kappa shape index (κ1) is 11.9. The van der Waals surface area contributed by atoms with Crippen molar-refractivity contribution < 1.29 is 9.53 Å². The topological polar surface area (TPSA) is 50.4 Å². The van der Waals surface area contributed by atoms with Crippen molar-refractivity contribution in [2.75, 3.05) is 13.7 Å². The lowest BCUT2D eigenvalue weighted by Crippen LogP contribution is -2.37. The number of aryl methyl sites for hydroxylation is 2. The first-order chi connectivity index (χ1) is 8.29. The Hall–Kier alpha value is -1.55. The molecule has 0 aromatic heterocycles. The Morgan fingerprint density at radius 2 is 2.06 bits per heavy atom. The maximum Gasteiger partial charge on any atom is 0.271 e. The lowest BCUT2D eigenvalue weighted by atomic mass is 9.92. The fraction of sp³-hybridized carbons (Fsp3) is 0.462. The lowest BCUT2D eigenvalue weighted by molar-refractivity contribution is -0.123. The predicted octanol–water partition coefficient (Wildman–Crippen LogP) is 1.19. The average molecular weight is 234 g/mol. The van der Waals surface area contributed by atoms with Crippen LogP contribution in [0.3, 0.4) is 0 Å². The normalized spacial score (nSPS) is 13.9. The second kappa shape index (κ2) is 5.68. The number of ether oxygens (including phenoxy) is 1. The van der Waals surface area contributed by atoms with Crippen molar-refractivity contribution in [1.29, 1.82) is 0 Å². The van der Waals surface area contributed by atoms with Crippen LogP contribution in [0.1, 0.15) is 24.0 Å². The van der Waals surface area contributed by atoms with Crippen LogP contribution < -0.4 is 15.6 Å². The monoisotopic (exact) mass is 234 g/mol. The van der Waals surface area contributed by atoms with Crippen LogP contribution in [0.5, 0.6) is 5.75 Å². The lowest BCUT2D eigenvalue weighted by Gasteiger charge is -2.16. The van der Waals surface area contributed by atoms with Crippen LogP contribution >= 0.6 is 0 Å². The predicted molar refractivity (Wildman–Crippen MR) is 65.8 cm³/mol. The Bertz CT molecular complexity index is 404. The molecule has 17 heavy (non-hydrogen) atoms. The first-order valence-corrected chi connectivity index (χ1v) is 6.00. The molecule has 2 N–H and O–H groups in total. The molecule has 92 valence electrons. The third-order valence-electron chi connectivity index (χ3n) is 2.95. The molecule has 1 aromatic carbocycles. The number of fused-ring (bicyclic) bond motifs is 1. The first-order valence-electron chi connectivity index (χ1n) is 6.00. The van der Waals surface area contributed by atoms with Crippen LogP contribution in [0.2, 0.25) is 0 Å². The molecule has 4 heteroatoms. The summed E-state index contributed by atoms with van der Waals surface area (Å²) < 4.78 is 5.43. The summed E-state index contributed by atoms with van der Waals surface area (Å²) in [5.74, 6) is 0.599. The molecule has 0 heterocycles. The number of carbonyl (C=O) groups is 1. The molecule has 0 spiro atoms. The van der Waals surface area contributed by atoms with Crippen LogP contribution in [-0.4, -0.2) is 19.6 Å². The summed E-state index contributed by atoms with van der Waals surface area (Å²) in [5.41, 5.74) is 7.82. The molecule has 1 aromatic rings. The van der Waals surface area contributed by atoms with Crippen LogP contribution in [0, 0.1) is 0 Å². The molecule has 0 aliphatic heterocycles. The smallest absolute Gasteiger partial charge is 0.271 e. The Balaban J connectivity index is 1.95. The zero-order chi connectivity index (χ0) is 12.1. The second-order valence-electron chi connectivity index (χ2n) is 4.22. The number of nitrogens with one attached hydrogen (secondary N) is 2. The fourth-order valence-corrected chi connectivity index (χ4v) is 2.12. The van der Waals surface area contributed by atoms with Gasteiger partial charge < -0.3 is 4.74 Å². The SMILES string of the molecule is CNNC(=O)COc1ccc2c(c1)CCCC2. The van der Waals surface area contributed by atoms with E-state index >= 15 is 0 Å². The van der Waals surface area contributed by atoms with Gasteiger partial charge in [-0.25, -0.2) is 5.43 Å².